The van der Waals surface area contributed by atoms with Crippen molar-refractivity contribution in [2.24, 2.45) is 0 Å². The van der Waals surface area contributed by atoms with Gasteiger partial charge in [-0.05, 0) is 33.0 Å². The van der Waals surface area contributed by atoms with Crippen molar-refractivity contribution in [1.82, 2.24) is 14.9 Å². The van der Waals surface area contributed by atoms with Gasteiger partial charge in [0.2, 0.25) is 0 Å². The first-order chi connectivity index (χ1) is 8.58. The second-order valence-electron chi connectivity index (χ2n) is 5.27. The van der Waals surface area contributed by atoms with E-state index in [4.69, 9.17) is 0 Å². The summed E-state index contributed by atoms with van der Waals surface area (Å²) in [7, 11) is 8.33. The smallest absolute Gasteiger partial charge is 0.134 e. The van der Waals surface area contributed by atoms with Gasteiger partial charge in [-0.25, -0.2) is 9.97 Å². The third-order valence-electron chi connectivity index (χ3n) is 3.69. The van der Waals surface area contributed by atoms with Crippen LogP contribution in [0.1, 0.15) is 12.8 Å². The fourth-order valence-corrected chi connectivity index (χ4v) is 2.34. The van der Waals surface area contributed by atoms with Crippen LogP contribution in [0.3, 0.4) is 0 Å². The van der Waals surface area contributed by atoms with Gasteiger partial charge < -0.3 is 14.7 Å². The van der Waals surface area contributed by atoms with E-state index >= 15 is 0 Å². The number of hydrogen-bond donors (Lipinski definition) is 0. The standard InChI is InChI=1S/C13H23N5/c1-16(2)12-9-13(15-10-14-12)18(4)11-5-7-17(3)8-6-11/h9-11H,5-8H2,1-4H3. The molecule has 0 unspecified atom stereocenters. The van der Waals surface area contributed by atoms with Crippen LogP contribution in [0.2, 0.25) is 0 Å². The quantitative estimate of drug-likeness (QED) is 0.801. The van der Waals surface area contributed by atoms with Gasteiger partial charge in [-0.15, -0.1) is 0 Å². The van der Waals surface area contributed by atoms with Gasteiger partial charge in [0.25, 0.3) is 0 Å². The van der Waals surface area contributed by atoms with Crippen molar-refractivity contribution in [1.29, 1.82) is 0 Å². The normalized spacial score (nSPS) is 17.8. The summed E-state index contributed by atoms with van der Waals surface area (Å²) in [5, 5.41) is 0. The maximum atomic E-state index is 4.39. The number of nitrogens with zero attached hydrogens (tertiary/aromatic N) is 5. The SMILES string of the molecule is CN1CCC(N(C)c2cc(N(C)C)ncn2)CC1. The van der Waals surface area contributed by atoms with Crippen molar-refractivity contribution < 1.29 is 0 Å². The van der Waals surface area contributed by atoms with Crippen LogP contribution in [0.25, 0.3) is 0 Å². The lowest BCUT2D eigenvalue weighted by molar-refractivity contribution is 0.252. The zero-order chi connectivity index (χ0) is 13.1. The molecule has 5 heteroatoms. The Morgan fingerprint density at radius 2 is 1.72 bits per heavy atom. The second kappa shape index (κ2) is 5.52. The van der Waals surface area contributed by atoms with E-state index in [1.807, 2.05) is 19.0 Å². The summed E-state index contributed by atoms with van der Waals surface area (Å²) in [5.41, 5.74) is 0. The lowest BCUT2D eigenvalue weighted by Crippen LogP contribution is -2.42. The molecule has 0 aromatic carbocycles. The molecule has 1 aliphatic rings. The first-order valence-corrected chi connectivity index (χ1v) is 6.48. The van der Waals surface area contributed by atoms with E-state index < -0.39 is 0 Å². The summed E-state index contributed by atoms with van der Waals surface area (Å²) in [4.78, 5) is 15.3. The molecule has 0 radical (unpaired) electrons. The van der Waals surface area contributed by atoms with Crippen molar-refractivity contribution in [2.75, 3.05) is 51.1 Å². The van der Waals surface area contributed by atoms with Crippen molar-refractivity contribution in [2.45, 2.75) is 18.9 Å². The molecular formula is C13H23N5. The highest BCUT2D eigenvalue weighted by Gasteiger charge is 2.21. The highest BCUT2D eigenvalue weighted by atomic mass is 15.2. The van der Waals surface area contributed by atoms with E-state index in [0.29, 0.717) is 6.04 Å². The summed E-state index contributed by atoms with van der Waals surface area (Å²) in [6.07, 6.45) is 4.05. The summed E-state index contributed by atoms with van der Waals surface area (Å²) < 4.78 is 0. The largest absolute Gasteiger partial charge is 0.363 e. The Morgan fingerprint density at radius 3 is 2.33 bits per heavy atom. The summed E-state index contributed by atoms with van der Waals surface area (Å²) in [6, 6.07) is 2.64. The molecule has 0 atom stereocenters. The number of hydrogen-bond acceptors (Lipinski definition) is 5. The van der Waals surface area contributed by atoms with Crippen molar-refractivity contribution in [3.05, 3.63) is 12.4 Å². The van der Waals surface area contributed by atoms with Gasteiger partial charge in [-0.1, -0.05) is 0 Å². The van der Waals surface area contributed by atoms with Gasteiger partial charge >= 0.3 is 0 Å². The van der Waals surface area contributed by atoms with Crippen molar-refractivity contribution in [3.63, 3.8) is 0 Å². The molecule has 100 valence electrons. The van der Waals surface area contributed by atoms with Crippen LogP contribution in [-0.4, -0.2) is 62.2 Å². The third-order valence-corrected chi connectivity index (χ3v) is 3.69. The minimum Gasteiger partial charge on any atom is -0.363 e. The molecule has 1 fully saturated rings. The Morgan fingerprint density at radius 1 is 1.11 bits per heavy atom. The first-order valence-electron chi connectivity index (χ1n) is 6.48. The molecule has 5 nitrogen and oxygen atoms in total. The minimum absolute atomic E-state index is 0.589. The third kappa shape index (κ3) is 2.90. The predicted molar refractivity (Wildman–Crippen MR) is 75.3 cm³/mol. The molecular weight excluding hydrogens is 226 g/mol. The van der Waals surface area contributed by atoms with Gasteiger partial charge in [0.15, 0.2) is 0 Å². The summed E-state index contributed by atoms with van der Waals surface area (Å²) in [5.74, 6) is 1.98. The molecule has 2 rings (SSSR count). The summed E-state index contributed by atoms with van der Waals surface area (Å²) in [6.45, 7) is 2.33. The van der Waals surface area contributed by atoms with Crippen LogP contribution >= 0.6 is 0 Å². The number of rotatable bonds is 3. The zero-order valence-electron chi connectivity index (χ0n) is 11.8. The lowest BCUT2D eigenvalue weighted by atomic mass is 10.0. The highest BCUT2D eigenvalue weighted by molar-refractivity contribution is 5.49. The Kier molecular flexibility index (Phi) is 4.01. The highest BCUT2D eigenvalue weighted by Crippen LogP contribution is 2.21. The molecule has 18 heavy (non-hydrogen) atoms. The molecule has 1 aliphatic heterocycles. The van der Waals surface area contributed by atoms with Crippen LogP contribution in [-0.2, 0) is 0 Å². The molecule has 0 N–H and O–H groups in total. The average molecular weight is 249 g/mol. The number of piperidine rings is 1. The Balaban J connectivity index is 2.08. The van der Waals surface area contributed by atoms with Crippen LogP contribution in [0, 0.1) is 0 Å². The van der Waals surface area contributed by atoms with Crippen LogP contribution < -0.4 is 9.80 Å². The van der Waals surface area contributed by atoms with E-state index in [-0.39, 0.29) is 0 Å². The van der Waals surface area contributed by atoms with Gasteiger partial charge in [-0.2, -0.15) is 0 Å². The predicted octanol–water partition coefficient (Wildman–Crippen LogP) is 1.07. The van der Waals surface area contributed by atoms with Gasteiger partial charge in [0.1, 0.15) is 18.0 Å². The van der Waals surface area contributed by atoms with E-state index in [9.17, 15) is 0 Å². The number of likely N-dealkylation sites (tertiary alicyclic amines) is 1. The lowest BCUT2D eigenvalue weighted by Gasteiger charge is -2.35. The molecule has 0 bridgehead atoms. The van der Waals surface area contributed by atoms with E-state index in [1.54, 1.807) is 6.33 Å². The van der Waals surface area contributed by atoms with Crippen LogP contribution in [0.5, 0.6) is 0 Å². The molecule has 0 aliphatic carbocycles. The Bertz CT molecular complexity index is 385. The van der Waals surface area contributed by atoms with Gasteiger partial charge in [-0.3, -0.25) is 0 Å². The number of aromatic nitrogens is 2. The monoisotopic (exact) mass is 249 g/mol. The van der Waals surface area contributed by atoms with Crippen LogP contribution in [0.4, 0.5) is 11.6 Å². The van der Waals surface area contributed by atoms with E-state index in [0.717, 1.165) is 11.6 Å². The molecule has 0 saturated carbocycles. The fraction of sp³-hybridized carbons (Fsp3) is 0.692. The van der Waals surface area contributed by atoms with Gasteiger partial charge in [0, 0.05) is 33.3 Å². The number of anilines is 2. The van der Waals surface area contributed by atoms with E-state index in [2.05, 4.69) is 39.9 Å². The second-order valence-corrected chi connectivity index (χ2v) is 5.27. The van der Waals surface area contributed by atoms with E-state index in [1.165, 1.54) is 25.9 Å². The van der Waals surface area contributed by atoms with Crippen molar-refractivity contribution in [3.8, 4) is 0 Å². The maximum Gasteiger partial charge on any atom is 0.134 e. The van der Waals surface area contributed by atoms with Crippen LogP contribution in [0.15, 0.2) is 12.4 Å². The minimum atomic E-state index is 0.589. The average Bonchev–Trinajstić information content (AvgIpc) is 2.39. The molecule has 1 aromatic rings. The first kappa shape index (κ1) is 13.1. The molecule has 0 amide bonds. The molecule has 1 saturated heterocycles. The maximum absolute atomic E-state index is 4.39. The summed E-state index contributed by atoms with van der Waals surface area (Å²) >= 11 is 0. The Labute approximate surface area is 109 Å². The van der Waals surface area contributed by atoms with Crippen molar-refractivity contribution >= 4 is 11.6 Å². The molecule has 0 spiro atoms. The molecule has 2 heterocycles. The topological polar surface area (TPSA) is 35.5 Å². The zero-order valence-corrected chi connectivity index (χ0v) is 11.8. The molecule has 1 aromatic heterocycles. The Hall–Kier alpha value is -1.36. The van der Waals surface area contributed by atoms with Gasteiger partial charge in [0.05, 0.1) is 0 Å². The fourth-order valence-electron chi connectivity index (χ4n) is 2.34.